The van der Waals surface area contributed by atoms with Gasteiger partial charge in [-0.05, 0) is 13.8 Å². The highest BCUT2D eigenvalue weighted by molar-refractivity contribution is 6.13. The maximum absolute atomic E-state index is 12.0. The van der Waals surface area contributed by atoms with Crippen molar-refractivity contribution in [2.24, 2.45) is 0 Å². The standard InChI is InChI=1S/C14H29NO7Si/c1-6-21-12(16)8-10(13(17)22-7-2)15-11(18-3)9-14(23,19-4)20-5/h10-11,15H,6-9H2,1-5,23H3. The van der Waals surface area contributed by atoms with Crippen LogP contribution in [-0.4, -0.2) is 74.4 Å². The minimum atomic E-state index is -0.862. The van der Waals surface area contributed by atoms with E-state index in [0.717, 1.165) is 0 Å². The van der Waals surface area contributed by atoms with Gasteiger partial charge >= 0.3 is 11.9 Å². The molecule has 0 aromatic heterocycles. The van der Waals surface area contributed by atoms with E-state index in [-0.39, 0.29) is 19.6 Å². The maximum atomic E-state index is 12.0. The Morgan fingerprint density at radius 2 is 1.65 bits per heavy atom. The van der Waals surface area contributed by atoms with E-state index in [9.17, 15) is 9.59 Å². The quantitative estimate of drug-likeness (QED) is 0.276. The Morgan fingerprint density at radius 3 is 2.09 bits per heavy atom. The van der Waals surface area contributed by atoms with Gasteiger partial charge in [-0.3, -0.25) is 14.9 Å². The molecule has 0 radical (unpaired) electrons. The van der Waals surface area contributed by atoms with Gasteiger partial charge in [0.25, 0.3) is 0 Å². The van der Waals surface area contributed by atoms with Crippen molar-refractivity contribution < 1.29 is 33.3 Å². The van der Waals surface area contributed by atoms with Crippen LogP contribution in [0.1, 0.15) is 26.7 Å². The van der Waals surface area contributed by atoms with Crippen LogP contribution in [-0.2, 0) is 33.3 Å². The summed E-state index contributed by atoms with van der Waals surface area (Å²) in [6.07, 6.45) is -0.321. The lowest BCUT2D eigenvalue weighted by molar-refractivity contribution is -0.170. The maximum Gasteiger partial charge on any atom is 0.323 e. The second kappa shape index (κ2) is 11.5. The number of ether oxygens (including phenoxy) is 5. The fraction of sp³-hybridized carbons (Fsp3) is 0.857. The predicted molar refractivity (Wildman–Crippen MR) is 86.9 cm³/mol. The summed E-state index contributed by atoms with van der Waals surface area (Å²) in [5.41, 5.74) is -0.753. The minimum absolute atomic E-state index is 0.138. The molecule has 2 unspecified atom stereocenters. The van der Waals surface area contributed by atoms with E-state index < -0.39 is 29.6 Å². The van der Waals surface area contributed by atoms with Crippen molar-refractivity contribution in [3.05, 3.63) is 0 Å². The topological polar surface area (TPSA) is 92.3 Å². The zero-order valence-corrected chi connectivity index (χ0v) is 16.8. The molecule has 0 aliphatic carbocycles. The number of esters is 2. The van der Waals surface area contributed by atoms with Crippen molar-refractivity contribution in [2.75, 3.05) is 34.5 Å². The van der Waals surface area contributed by atoms with E-state index in [4.69, 9.17) is 23.7 Å². The fourth-order valence-electron chi connectivity index (χ4n) is 1.86. The van der Waals surface area contributed by atoms with Gasteiger partial charge in [-0.1, -0.05) is 0 Å². The molecule has 9 heteroatoms. The van der Waals surface area contributed by atoms with Crippen LogP contribution in [0, 0.1) is 0 Å². The highest BCUT2D eigenvalue weighted by atomic mass is 28.1. The first kappa shape index (κ1) is 22.0. The van der Waals surface area contributed by atoms with Crippen LogP contribution < -0.4 is 5.32 Å². The van der Waals surface area contributed by atoms with Gasteiger partial charge in [-0.25, -0.2) is 0 Å². The number of nitrogens with one attached hydrogen (secondary N) is 1. The number of hydrogen-bond donors (Lipinski definition) is 1. The van der Waals surface area contributed by atoms with Crippen LogP contribution >= 0.6 is 0 Å². The fourth-order valence-corrected chi connectivity index (χ4v) is 2.23. The molecule has 2 atom stereocenters. The lowest BCUT2D eigenvalue weighted by Gasteiger charge is -2.32. The molecule has 0 saturated carbocycles. The summed E-state index contributed by atoms with van der Waals surface area (Å²) in [5.74, 6) is -1.01. The smallest absolute Gasteiger partial charge is 0.323 e. The number of carbonyl (C=O) groups is 2. The first-order valence-corrected chi connectivity index (χ1v) is 8.57. The van der Waals surface area contributed by atoms with Gasteiger partial charge in [0.15, 0.2) is 0 Å². The Kier molecular flexibility index (Phi) is 11.0. The van der Waals surface area contributed by atoms with E-state index in [0.29, 0.717) is 16.7 Å². The van der Waals surface area contributed by atoms with Crippen LogP contribution in [0.4, 0.5) is 0 Å². The van der Waals surface area contributed by atoms with E-state index in [1.807, 2.05) is 0 Å². The molecule has 0 aromatic rings. The SMILES string of the molecule is CCOC(=O)CC(NC(CC([SiH3])(OC)OC)OC)C(=O)OCC. The van der Waals surface area contributed by atoms with Crippen LogP contribution in [0.2, 0.25) is 0 Å². The Balaban J connectivity index is 4.93. The average molecular weight is 351 g/mol. The second-order valence-electron chi connectivity index (χ2n) is 4.95. The van der Waals surface area contributed by atoms with E-state index in [1.165, 1.54) is 7.11 Å². The van der Waals surface area contributed by atoms with Gasteiger partial charge in [0.2, 0.25) is 0 Å². The molecule has 8 nitrogen and oxygen atoms in total. The third-order valence-electron chi connectivity index (χ3n) is 3.34. The summed E-state index contributed by atoms with van der Waals surface area (Å²) < 4.78 is 25.9. The molecular weight excluding hydrogens is 322 g/mol. The average Bonchev–Trinajstić information content (AvgIpc) is 2.53. The first-order valence-electron chi connectivity index (χ1n) is 7.57. The van der Waals surface area contributed by atoms with Crippen molar-refractivity contribution >= 4 is 22.2 Å². The largest absolute Gasteiger partial charge is 0.466 e. The summed E-state index contributed by atoms with van der Waals surface area (Å²) in [6, 6.07) is -0.862. The Bertz CT molecular complexity index is 363. The zero-order chi connectivity index (χ0) is 17.9. The monoisotopic (exact) mass is 351 g/mol. The van der Waals surface area contributed by atoms with E-state index >= 15 is 0 Å². The van der Waals surface area contributed by atoms with Gasteiger partial charge in [0, 0.05) is 27.8 Å². The number of rotatable bonds is 12. The predicted octanol–water partition coefficient (Wildman–Crippen LogP) is -0.864. The number of methoxy groups -OCH3 is 3. The summed E-state index contributed by atoms with van der Waals surface area (Å²) in [5, 5.41) is 2.97. The third kappa shape index (κ3) is 8.42. The van der Waals surface area contributed by atoms with Crippen LogP contribution in [0.5, 0.6) is 0 Å². The molecule has 23 heavy (non-hydrogen) atoms. The molecule has 0 rings (SSSR count). The number of hydrogen-bond acceptors (Lipinski definition) is 8. The molecule has 0 aliphatic rings. The first-order chi connectivity index (χ1) is 10.9. The van der Waals surface area contributed by atoms with Crippen LogP contribution in [0.25, 0.3) is 0 Å². The molecule has 0 saturated heterocycles. The van der Waals surface area contributed by atoms with Gasteiger partial charge in [-0.2, -0.15) is 0 Å². The molecule has 0 heterocycles. The van der Waals surface area contributed by atoms with E-state index in [2.05, 4.69) is 5.32 Å². The molecule has 1 N–H and O–H groups in total. The summed E-state index contributed by atoms with van der Waals surface area (Å²) in [4.78, 5) is 23.7. The van der Waals surface area contributed by atoms with Crippen molar-refractivity contribution in [1.82, 2.24) is 5.32 Å². The van der Waals surface area contributed by atoms with Crippen molar-refractivity contribution in [2.45, 2.75) is 44.4 Å². The summed E-state index contributed by atoms with van der Waals surface area (Å²) >= 11 is 0. The third-order valence-corrected chi connectivity index (χ3v) is 4.56. The van der Waals surface area contributed by atoms with Gasteiger partial charge in [0.05, 0.1) is 29.9 Å². The molecule has 0 aromatic carbocycles. The molecule has 0 amide bonds. The molecule has 0 fully saturated rings. The Hall–Kier alpha value is -1.00. The highest BCUT2D eigenvalue weighted by Crippen LogP contribution is 2.15. The Labute approximate surface area is 140 Å². The molecule has 0 bridgehead atoms. The van der Waals surface area contributed by atoms with Crippen LogP contribution in [0.3, 0.4) is 0 Å². The van der Waals surface area contributed by atoms with E-state index in [1.54, 1.807) is 28.1 Å². The molecule has 0 spiro atoms. The van der Waals surface area contributed by atoms with Gasteiger partial charge in [0.1, 0.15) is 17.7 Å². The lowest BCUT2D eigenvalue weighted by Crippen LogP contribution is -2.50. The van der Waals surface area contributed by atoms with Crippen molar-refractivity contribution in [1.29, 1.82) is 0 Å². The zero-order valence-electron chi connectivity index (χ0n) is 14.8. The number of carbonyl (C=O) groups excluding carboxylic acids is 2. The highest BCUT2D eigenvalue weighted by Gasteiger charge is 2.32. The lowest BCUT2D eigenvalue weighted by atomic mass is 10.2. The summed E-state index contributed by atoms with van der Waals surface area (Å²) in [6.45, 7) is 3.87. The Morgan fingerprint density at radius 1 is 1.09 bits per heavy atom. The van der Waals surface area contributed by atoms with Gasteiger partial charge in [-0.15, -0.1) is 0 Å². The molecular formula is C14H29NO7Si. The van der Waals surface area contributed by atoms with Crippen molar-refractivity contribution in [3.63, 3.8) is 0 Å². The molecule has 0 aliphatic heterocycles. The minimum Gasteiger partial charge on any atom is -0.466 e. The van der Waals surface area contributed by atoms with Crippen molar-refractivity contribution in [3.8, 4) is 0 Å². The summed E-state index contributed by atoms with van der Waals surface area (Å²) in [7, 11) is 5.19. The van der Waals surface area contributed by atoms with Crippen LogP contribution in [0.15, 0.2) is 0 Å². The van der Waals surface area contributed by atoms with Gasteiger partial charge < -0.3 is 23.7 Å². The second-order valence-corrected chi connectivity index (χ2v) is 6.47. The normalized spacial score (nSPS) is 14.3. The molecule has 136 valence electrons.